The van der Waals surface area contributed by atoms with Crippen LogP contribution in [0.1, 0.15) is 12.8 Å². The van der Waals surface area contributed by atoms with Crippen LogP contribution in [0.3, 0.4) is 0 Å². The van der Waals surface area contributed by atoms with Crippen molar-refractivity contribution in [3.63, 3.8) is 0 Å². The molecule has 0 aromatic heterocycles. The zero-order valence-corrected chi connectivity index (χ0v) is 17.7. The first-order chi connectivity index (χ1) is 12.8. The largest absolute Gasteiger partial charge is 0.616 e. The van der Waals surface area contributed by atoms with Crippen LogP contribution in [-0.2, 0) is 21.2 Å². The summed E-state index contributed by atoms with van der Waals surface area (Å²) >= 11 is 11.3. The normalized spacial score (nSPS) is 22.6. The highest BCUT2D eigenvalue weighted by Crippen LogP contribution is 2.32. The maximum Gasteiger partial charge on any atom is 0.317 e. The van der Waals surface area contributed by atoms with Gasteiger partial charge in [-0.05, 0) is 25.0 Å². The Morgan fingerprint density at radius 2 is 1.81 bits per heavy atom. The lowest BCUT2D eigenvalue weighted by Gasteiger charge is -2.35. The fraction of sp³-hybridized carbons (Fsp3) is 0.562. The van der Waals surface area contributed by atoms with Gasteiger partial charge in [0.05, 0.1) is 23.1 Å². The molecule has 1 unspecified atom stereocenters. The van der Waals surface area contributed by atoms with Crippen LogP contribution < -0.4 is 5.32 Å². The average Bonchev–Trinajstić information content (AvgIpc) is 2.62. The highest BCUT2D eigenvalue weighted by atomic mass is 35.5. The molecule has 2 aliphatic rings. The van der Waals surface area contributed by atoms with E-state index in [1.54, 1.807) is 11.0 Å². The van der Waals surface area contributed by atoms with E-state index in [9.17, 15) is 17.8 Å². The Hall–Kier alpha value is -0.710. The predicted molar refractivity (Wildman–Crippen MR) is 106 cm³/mol. The van der Waals surface area contributed by atoms with Crippen LogP contribution in [-0.4, -0.2) is 71.9 Å². The second-order valence-electron chi connectivity index (χ2n) is 6.54. The van der Waals surface area contributed by atoms with Crippen molar-refractivity contribution in [2.75, 3.05) is 37.7 Å². The Balaban J connectivity index is 1.68. The molecule has 1 aromatic carbocycles. The van der Waals surface area contributed by atoms with Gasteiger partial charge < -0.3 is 14.8 Å². The van der Waals surface area contributed by atoms with Gasteiger partial charge in [0.2, 0.25) is 10.0 Å². The second kappa shape index (κ2) is 8.75. The van der Waals surface area contributed by atoms with Gasteiger partial charge in [-0.15, -0.1) is 0 Å². The van der Waals surface area contributed by atoms with Gasteiger partial charge in [-0.3, -0.25) is 0 Å². The first-order valence-electron chi connectivity index (χ1n) is 8.63. The molecule has 1 aromatic rings. The van der Waals surface area contributed by atoms with Crippen LogP contribution >= 0.6 is 23.2 Å². The summed E-state index contributed by atoms with van der Waals surface area (Å²) in [5, 5.41) is 3.06. The lowest BCUT2D eigenvalue weighted by atomic mass is 10.1. The van der Waals surface area contributed by atoms with E-state index in [1.807, 2.05) is 0 Å². The number of sulfonamides is 1. The molecule has 0 bridgehead atoms. The van der Waals surface area contributed by atoms with Gasteiger partial charge in [0, 0.05) is 19.1 Å². The zero-order valence-electron chi connectivity index (χ0n) is 14.6. The van der Waals surface area contributed by atoms with Gasteiger partial charge in [0.25, 0.3) is 0 Å². The van der Waals surface area contributed by atoms with Crippen molar-refractivity contribution in [1.29, 1.82) is 0 Å². The number of nitrogens with zero attached hydrogens (tertiary/aromatic N) is 2. The summed E-state index contributed by atoms with van der Waals surface area (Å²) in [6, 6.07) is 4.03. The van der Waals surface area contributed by atoms with Crippen molar-refractivity contribution in [2.45, 2.75) is 23.8 Å². The van der Waals surface area contributed by atoms with Gasteiger partial charge in [0.1, 0.15) is 16.4 Å². The standard InChI is InChI=1S/C16H21Cl2N3O4S2/c17-13-4-1-5-14(18)15(13)27(24,25)21-6-2-3-12(11-21)19-16(22)20-7-9-26(23)10-8-20/h1,4-5,12H,2-3,6-11H2,(H,19,22). The molecule has 7 nitrogen and oxygen atoms in total. The van der Waals surface area contributed by atoms with E-state index < -0.39 is 21.2 Å². The first kappa shape index (κ1) is 21.0. The van der Waals surface area contributed by atoms with E-state index in [2.05, 4.69) is 5.32 Å². The SMILES string of the molecule is O=C(NC1CCCN(S(=O)(=O)c2c(Cl)cccc2Cl)C1)N1CC[S+]([O-])CC1. The number of benzene rings is 1. The van der Waals surface area contributed by atoms with Crippen molar-refractivity contribution in [1.82, 2.24) is 14.5 Å². The smallest absolute Gasteiger partial charge is 0.317 e. The van der Waals surface area contributed by atoms with E-state index in [-0.39, 0.29) is 33.6 Å². The summed E-state index contributed by atoms with van der Waals surface area (Å²) < 4.78 is 38.7. The molecule has 27 heavy (non-hydrogen) atoms. The third-order valence-corrected chi connectivity index (χ3v) is 8.79. The molecule has 2 amide bonds. The van der Waals surface area contributed by atoms with Gasteiger partial charge >= 0.3 is 6.03 Å². The number of carbonyl (C=O) groups excluding carboxylic acids is 1. The molecule has 0 spiro atoms. The maximum absolute atomic E-state index is 13.0. The Morgan fingerprint density at radius 1 is 1.19 bits per heavy atom. The fourth-order valence-electron chi connectivity index (χ4n) is 3.24. The molecular weight excluding hydrogens is 433 g/mol. The molecule has 11 heteroatoms. The topological polar surface area (TPSA) is 92.8 Å². The van der Waals surface area contributed by atoms with Crippen molar-refractivity contribution >= 4 is 50.4 Å². The van der Waals surface area contributed by atoms with E-state index in [4.69, 9.17) is 23.2 Å². The number of amides is 2. The molecule has 0 saturated carbocycles. The molecule has 2 aliphatic heterocycles. The van der Waals surface area contributed by atoms with Crippen molar-refractivity contribution < 1.29 is 17.8 Å². The van der Waals surface area contributed by atoms with Gasteiger partial charge in [-0.1, -0.05) is 40.4 Å². The minimum absolute atomic E-state index is 0.0787. The van der Waals surface area contributed by atoms with Crippen LogP contribution in [0.2, 0.25) is 10.0 Å². The fourth-order valence-corrected chi connectivity index (χ4v) is 6.91. The van der Waals surface area contributed by atoms with Crippen LogP contribution in [0.4, 0.5) is 4.79 Å². The van der Waals surface area contributed by atoms with E-state index in [0.717, 1.165) is 0 Å². The summed E-state index contributed by atoms with van der Waals surface area (Å²) in [5.74, 6) is 0.952. The average molecular weight is 454 g/mol. The minimum Gasteiger partial charge on any atom is -0.616 e. The van der Waals surface area contributed by atoms with Crippen LogP contribution in [0.25, 0.3) is 0 Å². The molecular formula is C16H21Cl2N3O4S2. The Bertz CT molecular complexity index is 781. The number of halogens is 2. The van der Waals surface area contributed by atoms with Crippen LogP contribution in [0.15, 0.2) is 23.1 Å². The monoisotopic (exact) mass is 453 g/mol. The number of carbonyl (C=O) groups is 1. The number of hydrogen-bond acceptors (Lipinski definition) is 4. The highest BCUT2D eigenvalue weighted by molar-refractivity contribution is 7.91. The Labute approximate surface area is 172 Å². The summed E-state index contributed by atoms with van der Waals surface area (Å²) in [6.07, 6.45) is 1.31. The number of nitrogens with one attached hydrogen (secondary N) is 1. The highest BCUT2D eigenvalue weighted by Gasteiger charge is 2.34. The molecule has 2 fully saturated rings. The Morgan fingerprint density at radius 3 is 2.44 bits per heavy atom. The molecule has 2 saturated heterocycles. The molecule has 0 radical (unpaired) electrons. The van der Waals surface area contributed by atoms with Crippen molar-refractivity contribution in [2.24, 2.45) is 0 Å². The molecule has 3 rings (SSSR count). The third kappa shape index (κ3) is 4.83. The lowest BCUT2D eigenvalue weighted by Crippen LogP contribution is -2.55. The van der Waals surface area contributed by atoms with E-state index >= 15 is 0 Å². The molecule has 1 atom stereocenters. The first-order valence-corrected chi connectivity index (χ1v) is 12.3. The summed E-state index contributed by atoms with van der Waals surface area (Å²) in [5.41, 5.74) is 0. The van der Waals surface area contributed by atoms with Gasteiger partial charge in [0.15, 0.2) is 0 Å². The van der Waals surface area contributed by atoms with E-state index in [0.29, 0.717) is 44.0 Å². The second-order valence-corrected chi connectivity index (χ2v) is 10.9. The molecule has 150 valence electrons. The van der Waals surface area contributed by atoms with Crippen molar-refractivity contribution in [3.8, 4) is 0 Å². The van der Waals surface area contributed by atoms with Gasteiger partial charge in [-0.25, -0.2) is 13.2 Å². The quantitative estimate of drug-likeness (QED) is 0.707. The molecule has 1 N–H and O–H groups in total. The predicted octanol–water partition coefficient (Wildman–Crippen LogP) is 1.92. The van der Waals surface area contributed by atoms with Crippen LogP contribution in [0, 0.1) is 0 Å². The summed E-state index contributed by atoms with van der Waals surface area (Å²) in [7, 11) is -3.86. The summed E-state index contributed by atoms with van der Waals surface area (Å²) in [6.45, 7) is 1.40. The minimum atomic E-state index is -3.86. The van der Waals surface area contributed by atoms with Gasteiger partial charge in [-0.2, -0.15) is 4.31 Å². The van der Waals surface area contributed by atoms with Crippen molar-refractivity contribution in [3.05, 3.63) is 28.2 Å². The third-order valence-electron chi connectivity index (χ3n) is 4.69. The lowest BCUT2D eigenvalue weighted by molar-refractivity contribution is 0.190. The zero-order chi connectivity index (χ0) is 19.6. The number of piperidine rings is 1. The number of rotatable bonds is 3. The number of urea groups is 1. The summed E-state index contributed by atoms with van der Waals surface area (Å²) in [4.78, 5) is 13.9. The maximum atomic E-state index is 13.0. The molecule has 2 heterocycles. The molecule has 0 aliphatic carbocycles. The number of hydrogen-bond donors (Lipinski definition) is 1. The Kier molecular flexibility index (Phi) is 6.81. The van der Waals surface area contributed by atoms with Crippen LogP contribution in [0.5, 0.6) is 0 Å². The van der Waals surface area contributed by atoms with E-state index in [1.165, 1.54) is 16.4 Å².